The summed E-state index contributed by atoms with van der Waals surface area (Å²) in [5.74, 6) is 0.159. The van der Waals surface area contributed by atoms with Gasteiger partial charge in [-0.1, -0.05) is 48.5 Å². The molecule has 35 heavy (non-hydrogen) atoms. The van der Waals surface area contributed by atoms with E-state index in [0.29, 0.717) is 42.9 Å². The molecule has 5 rings (SSSR count). The summed E-state index contributed by atoms with van der Waals surface area (Å²) in [6, 6.07) is 20.1. The second-order valence-electron chi connectivity index (χ2n) is 8.64. The van der Waals surface area contributed by atoms with E-state index in [1.54, 1.807) is 30.3 Å². The first-order chi connectivity index (χ1) is 16.8. The second-order valence-corrected chi connectivity index (χ2v) is 8.64. The Morgan fingerprint density at radius 1 is 0.857 bits per heavy atom. The van der Waals surface area contributed by atoms with E-state index in [-0.39, 0.29) is 5.92 Å². The van der Waals surface area contributed by atoms with Crippen molar-refractivity contribution in [2.75, 3.05) is 18.0 Å². The number of piperidine rings is 1. The highest BCUT2D eigenvalue weighted by Crippen LogP contribution is 2.34. The molecule has 1 aliphatic rings. The van der Waals surface area contributed by atoms with E-state index in [2.05, 4.69) is 4.90 Å². The number of halogens is 3. The molecule has 4 aromatic rings. The molecule has 1 aliphatic heterocycles. The minimum Gasteiger partial charge on any atom is -0.481 e. The van der Waals surface area contributed by atoms with Crippen LogP contribution in [0, 0.1) is 5.92 Å². The Balaban J connectivity index is 1.48. The molecule has 1 N–H and O–H groups in total. The molecule has 178 valence electrons. The van der Waals surface area contributed by atoms with Crippen molar-refractivity contribution in [3.8, 4) is 22.5 Å². The number of anilines is 1. The number of para-hydroxylation sites is 1. The number of rotatable bonds is 4. The molecular formula is C27H22F3N3O2. The molecule has 0 unspecified atom stereocenters. The topological polar surface area (TPSA) is 66.3 Å². The number of hydrogen-bond acceptors (Lipinski definition) is 4. The Labute approximate surface area is 199 Å². The first kappa shape index (κ1) is 22.8. The van der Waals surface area contributed by atoms with Crippen LogP contribution in [0.4, 0.5) is 19.0 Å². The van der Waals surface area contributed by atoms with Crippen molar-refractivity contribution in [2.24, 2.45) is 5.92 Å². The highest BCUT2D eigenvalue weighted by Gasteiger charge is 2.30. The zero-order valence-corrected chi connectivity index (χ0v) is 18.7. The van der Waals surface area contributed by atoms with Crippen LogP contribution in [0.2, 0.25) is 0 Å². The average molecular weight is 477 g/mol. The summed E-state index contributed by atoms with van der Waals surface area (Å²) in [6.45, 7) is 1.18. The van der Waals surface area contributed by atoms with Gasteiger partial charge in [-0.3, -0.25) is 4.79 Å². The SMILES string of the molecule is O=C(O)C1CCN(c2nc(-c3ccc(-c4cccc(C(F)(F)F)c4)cc3)nc3ccccc23)CC1. The molecule has 0 spiro atoms. The lowest BCUT2D eigenvalue weighted by atomic mass is 9.97. The Bertz CT molecular complexity index is 1380. The molecule has 0 bridgehead atoms. The van der Waals surface area contributed by atoms with Crippen LogP contribution in [0.5, 0.6) is 0 Å². The number of aromatic nitrogens is 2. The van der Waals surface area contributed by atoms with Crippen molar-refractivity contribution in [1.29, 1.82) is 0 Å². The van der Waals surface area contributed by atoms with Gasteiger partial charge < -0.3 is 10.0 Å². The van der Waals surface area contributed by atoms with E-state index in [4.69, 9.17) is 9.97 Å². The normalized spacial score (nSPS) is 14.9. The Morgan fingerprint density at radius 2 is 1.54 bits per heavy atom. The van der Waals surface area contributed by atoms with Crippen molar-refractivity contribution in [3.05, 3.63) is 78.4 Å². The number of nitrogens with zero attached hydrogens (tertiary/aromatic N) is 3. The lowest BCUT2D eigenvalue weighted by Gasteiger charge is -2.31. The lowest BCUT2D eigenvalue weighted by Crippen LogP contribution is -2.37. The van der Waals surface area contributed by atoms with E-state index >= 15 is 0 Å². The highest BCUT2D eigenvalue weighted by molar-refractivity contribution is 5.91. The largest absolute Gasteiger partial charge is 0.481 e. The Hall–Kier alpha value is -3.94. The van der Waals surface area contributed by atoms with Crippen molar-refractivity contribution in [2.45, 2.75) is 19.0 Å². The number of hydrogen-bond donors (Lipinski definition) is 1. The maximum atomic E-state index is 13.1. The molecular weight excluding hydrogens is 455 g/mol. The predicted molar refractivity (Wildman–Crippen MR) is 128 cm³/mol. The van der Waals surface area contributed by atoms with Gasteiger partial charge in [0.25, 0.3) is 0 Å². The van der Waals surface area contributed by atoms with Crippen molar-refractivity contribution in [1.82, 2.24) is 9.97 Å². The second kappa shape index (κ2) is 9.02. The summed E-state index contributed by atoms with van der Waals surface area (Å²) in [6.07, 6.45) is -3.30. The molecule has 1 fully saturated rings. The number of carboxylic acid groups (broad SMARTS) is 1. The van der Waals surface area contributed by atoms with Gasteiger partial charge in [0, 0.05) is 24.0 Å². The van der Waals surface area contributed by atoms with E-state index in [9.17, 15) is 23.1 Å². The van der Waals surface area contributed by atoms with Gasteiger partial charge >= 0.3 is 12.1 Å². The number of alkyl halides is 3. The van der Waals surface area contributed by atoms with Crippen molar-refractivity contribution in [3.63, 3.8) is 0 Å². The van der Waals surface area contributed by atoms with Crippen LogP contribution in [0.3, 0.4) is 0 Å². The molecule has 8 heteroatoms. The summed E-state index contributed by atoms with van der Waals surface area (Å²) < 4.78 is 39.3. The van der Waals surface area contributed by atoms with Crippen molar-refractivity contribution < 1.29 is 23.1 Å². The van der Waals surface area contributed by atoms with Crippen LogP contribution in [0.15, 0.2) is 72.8 Å². The van der Waals surface area contributed by atoms with Crippen molar-refractivity contribution >= 4 is 22.7 Å². The summed E-state index contributed by atoms with van der Waals surface area (Å²) in [7, 11) is 0. The average Bonchev–Trinajstić information content (AvgIpc) is 2.88. The smallest absolute Gasteiger partial charge is 0.416 e. The summed E-state index contributed by atoms with van der Waals surface area (Å²) in [5.41, 5.74) is 1.97. The third-order valence-electron chi connectivity index (χ3n) is 6.39. The van der Waals surface area contributed by atoms with Crippen LogP contribution in [-0.4, -0.2) is 34.1 Å². The van der Waals surface area contributed by atoms with E-state index in [0.717, 1.165) is 34.4 Å². The summed E-state index contributed by atoms with van der Waals surface area (Å²) in [5, 5.41) is 10.2. The van der Waals surface area contributed by atoms with Crippen LogP contribution in [0.1, 0.15) is 18.4 Å². The molecule has 0 atom stereocenters. The fraction of sp³-hybridized carbons (Fsp3) is 0.222. The Morgan fingerprint density at radius 3 is 2.23 bits per heavy atom. The molecule has 0 saturated carbocycles. The standard InChI is InChI=1S/C27H22F3N3O2/c28-27(29,30)21-5-3-4-20(16-21)17-8-10-18(11-9-17)24-31-23-7-2-1-6-22(23)25(32-24)33-14-12-19(13-15-33)26(34)35/h1-11,16,19H,12-15H2,(H,34,35). The fourth-order valence-corrected chi connectivity index (χ4v) is 4.46. The number of aliphatic carboxylic acids is 1. The molecule has 1 saturated heterocycles. The molecule has 5 nitrogen and oxygen atoms in total. The lowest BCUT2D eigenvalue weighted by molar-refractivity contribution is -0.142. The quantitative estimate of drug-likeness (QED) is 0.375. The van der Waals surface area contributed by atoms with Gasteiger partial charge in [-0.2, -0.15) is 13.2 Å². The first-order valence-electron chi connectivity index (χ1n) is 11.3. The minimum atomic E-state index is -4.40. The van der Waals surface area contributed by atoms with Crippen LogP contribution in [0.25, 0.3) is 33.4 Å². The van der Waals surface area contributed by atoms with Gasteiger partial charge in [-0.25, -0.2) is 9.97 Å². The highest BCUT2D eigenvalue weighted by atomic mass is 19.4. The molecule has 3 aromatic carbocycles. The fourth-order valence-electron chi connectivity index (χ4n) is 4.46. The zero-order valence-electron chi connectivity index (χ0n) is 18.7. The minimum absolute atomic E-state index is 0.345. The number of carboxylic acids is 1. The summed E-state index contributed by atoms with van der Waals surface area (Å²) in [4.78, 5) is 23.0. The monoisotopic (exact) mass is 477 g/mol. The van der Waals surface area contributed by atoms with Gasteiger partial charge in [0.05, 0.1) is 17.0 Å². The van der Waals surface area contributed by atoms with Gasteiger partial charge in [0.1, 0.15) is 5.82 Å². The Kier molecular flexibility index (Phi) is 5.88. The van der Waals surface area contributed by atoms with Crippen LogP contribution >= 0.6 is 0 Å². The number of carbonyl (C=O) groups is 1. The first-order valence-corrected chi connectivity index (χ1v) is 11.3. The van der Waals surface area contributed by atoms with Crippen LogP contribution < -0.4 is 4.90 Å². The molecule has 0 aliphatic carbocycles. The summed E-state index contributed by atoms with van der Waals surface area (Å²) >= 11 is 0. The number of benzene rings is 3. The number of fused-ring (bicyclic) bond motifs is 1. The van der Waals surface area contributed by atoms with Gasteiger partial charge in [0.2, 0.25) is 0 Å². The van der Waals surface area contributed by atoms with Gasteiger partial charge in [0.15, 0.2) is 5.82 Å². The van der Waals surface area contributed by atoms with Gasteiger partial charge in [-0.05, 0) is 48.2 Å². The van der Waals surface area contributed by atoms with E-state index < -0.39 is 17.7 Å². The molecule has 0 radical (unpaired) electrons. The van der Waals surface area contributed by atoms with Gasteiger partial charge in [-0.15, -0.1) is 0 Å². The van der Waals surface area contributed by atoms with E-state index in [1.165, 1.54) is 6.07 Å². The molecule has 2 heterocycles. The zero-order chi connectivity index (χ0) is 24.6. The van der Waals surface area contributed by atoms with Crippen LogP contribution in [-0.2, 0) is 11.0 Å². The molecule has 0 amide bonds. The maximum Gasteiger partial charge on any atom is 0.416 e. The maximum absolute atomic E-state index is 13.1. The van der Waals surface area contributed by atoms with E-state index in [1.807, 2.05) is 24.3 Å². The predicted octanol–water partition coefficient (Wildman–Crippen LogP) is 6.28. The third kappa shape index (κ3) is 4.69. The third-order valence-corrected chi connectivity index (χ3v) is 6.39. The molecule has 1 aromatic heterocycles.